The van der Waals surface area contributed by atoms with Gasteiger partial charge in [0.15, 0.2) is 11.5 Å². The first-order chi connectivity index (χ1) is 13.6. The number of nitrogens with zero attached hydrogens (tertiary/aromatic N) is 1. The van der Waals surface area contributed by atoms with Crippen molar-refractivity contribution in [3.63, 3.8) is 0 Å². The van der Waals surface area contributed by atoms with Gasteiger partial charge in [-0.15, -0.1) is 0 Å². The van der Waals surface area contributed by atoms with E-state index < -0.39 is 6.10 Å². The number of carbonyl (C=O) groups is 1. The van der Waals surface area contributed by atoms with Crippen LogP contribution in [0.25, 0.3) is 0 Å². The monoisotopic (exact) mass is 379 g/mol. The summed E-state index contributed by atoms with van der Waals surface area (Å²) in [6.45, 7) is 3.27. The van der Waals surface area contributed by atoms with Gasteiger partial charge in [0, 0.05) is 25.9 Å². The maximum Gasteiger partial charge on any atom is 0.267 e. The summed E-state index contributed by atoms with van der Waals surface area (Å²) in [7, 11) is 0. The van der Waals surface area contributed by atoms with Crippen LogP contribution in [0, 0.1) is 0 Å². The van der Waals surface area contributed by atoms with Crippen molar-refractivity contribution in [3.8, 4) is 17.2 Å². The lowest BCUT2D eigenvalue weighted by Gasteiger charge is -2.45. The molecular weight excluding hydrogens is 354 g/mol. The summed E-state index contributed by atoms with van der Waals surface area (Å²) in [5.74, 6) is 2.35. The van der Waals surface area contributed by atoms with Crippen molar-refractivity contribution in [2.75, 3.05) is 13.1 Å². The van der Waals surface area contributed by atoms with Gasteiger partial charge in [0.1, 0.15) is 17.5 Å². The number of benzene rings is 2. The van der Waals surface area contributed by atoms with E-state index in [1.54, 1.807) is 0 Å². The van der Waals surface area contributed by atoms with E-state index in [-0.39, 0.29) is 17.6 Å². The van der Waals surface area contributed by atoms with Gasteiger partial charge in [-0.1, -0.05) is 30.3 Å². The first-order valence-electron chi connectivity index (χ1n) is 10.1. The third-order valence-corrected chi connectivity index (χ3v) is 6.22. The Morgan fingerprint density at radius 1 is 0.929 bits per heavy atom. The van der Waals surface area contributed by atoms with Crippen LogP contribution in [0.5, 0.6) is 17.2 Å². The molecule has 3 aliphatic rings. The van der Waals surface area contributed by atoms with Crippen molar-refractivity contribution in [2.45, 2.75) is 50.4 Å². The summed E-state index contributed by atoms with van der Waals surface area (Å²) in [6, 6.07) is 15.8. The van der Waals surface area contributed by atoms with Gasteiger partial charge in [-0.3, -0.25) is 4.79 Å². The molecule has 0 saturated carbocycles. The molecule has 146 valence electrons. The van der Waals surface area contributed by atoms with Crippen LogP contribution >= 0.6 is 0 Å². The Labute approximate surface area is 165 Å². The zero-order valence-corrected chi connectivity index (χ0v) is 16.1. The quantitative estimate of drug-likeness (QED) is 0.760. The molecule has 5 heteroatoms. The van der Waals surface area contributed by atoms with Crippen molar-refractivity contribution >= 4 is 5.91 Å². The molecule has 3 heterocycles. The Hall–Kier alpha value is -2.69. The summed E-state index contributed by atoms with van der Waals surface area (Å²) >= 11 is 0. The highest BCUT2D eigenvalue weighted by atomic mass is 16.6. The van der Waals surface area contributed by atoms with E-state index in [0.717, 1.165) is 31.4 Å². The van der Waals surface area contributed by atoms with Gasteiger partial charge >= 0.3 is 0 Å². The molecule has 1 spiro atoms. The standard InChI is InChI=1S/C23H25NO4/c1-16-21(27-20-9-5-4-8-19(20)26-16)22(25)24-14-12-23(13-15-24)11-10-17-6-2-3-7-18(17)28-23/h2-9,16,21H,10-15H2,1H3. The number of likely N-dealkylation sites (tertiary alicyclic amines) is 1. The van der Waals surface area contributed by atoms with E-state index in [1.807, 2.05) is 42.2 Å². The van der Waals surface area contributed by atoms with Crippen LogP contribution in [0.2, 0.25) is 0 Å². The molecule has 2 unspecified atom stereocenters. The largest absolute Gasteiger partial charge is 0.487 e. The summed E-state index contributed by atoms with van der Waals surface area (Å²) in [6.07, 6.45) is 2.85. The second-order valence-electron chi connectivity index (χ2n) is 8.03. The molecule has 0 radical (unpaired) electrons. The highest BCUT2D eigenvalue weighted by Gasteiger charge is 2.43. The van der Waals surface area contributed by atoms with Gasteiger partial charge in [-0.2, -0.15) is 0 Å². The second-order valence-corrected chi connectivity index (χ2v) is 8.03. The minimum atomic E-state index is -0.600. The number of hydrogen-bond acceptors (Lipinski definition) is 4. The third-order valence-electron chi connectivity index (χ3n) is 6.22. The van der Waals surface area contributed by atoms with Crippen molar-refractivity contribution in [1.82, 2.24) is 4.90 Å². The van der Waals surface area contributed by atoms with Crippen LogP contribution in [0.1, 0.15) is 31.7 Å². The molecule has 0 N–H and O–H groups in total. The van der Waals surface area contributed by atoms with Gasteiger partial charge in [0.25, 0.3) is 5.91 Å². The van der Waals surface area contributed by atoms with Gasteiger partial charge in [0.05, 0.1) is 0 Å². The smallest absolute Gasteiger partial charge is 0.267 e. The van der Waals surface area contributed by atoms with E-state index in [9.17, 15) is 4.79 Å². The van der Waals surface area contributed by atoms with Gasteiger partial charge in [0.2, 0.25) is 6.10 Å². The molecule has 28 heavy (non-hydrogen) atoms. The van der Waals surface area contributed by atoms with Gasteiger partial charge in [-0.05, 0) is 43.5 Å². The number of para-hydroxylation sites is 3. The average molecular weight is 379 g/mol. The number of hydrogen-bond donors (Lipinski definition) is 0. The lowest BCUT2D eigenvalue weighted by atomic mass is 9.83. The maximum absolute atomic E-state index is 13.1. The summed E-state index contributed by atoms with van der Waals surface area (Å²) < 4.78 is 18.3. The molecule has 2 aromatic rings. The van der Waals surface area contributed by atoms with Crippen LogP contribution in [0.15, 0.2) is 48.5 Å². The summed E-state index contributed by atoms with van der Waals surface area (Å²) in [5, 5.41) is 0. The number of carbonyl (C=O) groups excluding carboxylic acids is 1. The van der Waals surface area contributed by atoms with Crippen LogP contribution in [-0.2, 0) is 11.2 Å². The Morgan fingerprint density at radius 2 is 1.57 bits per heavy atom. The minimum absolute atomic E-state index is 0.00747. The van der Waals surface area contributed by atoms with Gasteiger partial charge < -0.3 is 19.1 Å². The van der Waals surface area contributed by atoms with E-state index in [4.69, 9.17) is 14.2 Å². The number of ether oxygens (including phenoxy) is 3. The highest BCUT2D eigenvalue weighted by molar-refractivity contribution is 5.82. The Balaban J connectivity index is 1.26. The molecule has 5 nitrogen and oxygen atoms in total. The molecule has 0 bridgehead atoms. The molecule has 1 amide bonds. The van der Waals surface area contributed by atoms with Crippen molar-refractivity contribution in [2.24, 2.45) is 0 Å². The first kappa shape index (κ1) is 17.4. The number of rotatable bonds is 1. The molecule has 3 aliphatic heterocycles. The fraction of sp³-hybridized carbons (Fsp3) is 0.435. The third kappa shape index (κ3) is 2.99. The normalized spacial score (nSPS) is 25.0. The molecule has 2 aromatic carbocycles. The molecule has 5 rings (SSSR count). The zero-order valence-electron chi connectivity index (χ0n) is 16.1. The van der Waals surface area contributed by atoms with Crippen molar-refractivity contribution in [1.29, 1.82) is 0 Å². The second kappa shape index (κ2) is 6.73. The van der Waals surface area contributed by atoms with E-state index >= 15 is 0 Å². The zero-order chi connectivity index (χ0) is 19.1. The van der Waals surface area contributed by atoms with Gasteiger partial charge in [-0.25, -0.2) is 0 Å². The Morgan fingerprint density at radius 3 is 2.32 bits per heavy atom. The van der Waals surface area contributed by atoms with E-state index in [1.165, 1.54) is 5.56 Å². The topological polar surface area (TPSA) is 48.0 Å². The summed E-state index contributed by atoms with van der Waals surface area (Å²) in [4.78, 5) is 15.0. The number of piperidine rings is 1. The fourth-order valence-electron chi connectivity index (χ4n) is 4.51. The fourth-order valence-corrected chi connectivity index (χ4v) is 4.51. The van der Waals surface area contributed by atoms with Crippen LogP contribution < -0.4 is 14.2 Å². The maximum atomic E-state index is 13.1. The van der Waals surface area contributed by atoms with Crippen molar-refractivity contribution < 1.29 is 19.0 Å². The lowest BCUT2D eigenvalue weighted by Crippen LogP contribution is -2.56. The SMILES string of the molecule is CC1Oc2ccccc2OC1C(=O)N1CCC2(CCc3ccccc3O2)CC1. The molecule has 1 fully saturated rings. The number of aryl methyl sites for hydroxylation is 1. The first-order valence-corrected chi connectivity index (χ1v) is 10.1. The average Bonchev–Trinajstić information content (AvgIpc) is 2.73. The highest BCUT2D eigenvalue weighted by Crippen LogP contribution is 2.40. The lowest BCUT2D eigenvalue weighted by molar-refractivity contribution is -0.148. The molecule has 2 atom stereocenters. The van der Waals surface area contributed by atoms with E-state index in [0.29, 0.717) is 24.6 Å². The number of fused-ring (bicyclic) bond motifs is 2. The molecule has 1 saturated heterocycles. The Kier molecular flexibility index (Phi) is 4.18. The van der Waals surface area contributed by atoms with Crippen LogP contribution in [0.3, 0.4) is 0 Å². The minimum Gasteiger partial charge on any atom is -0.487 e. The predicted octanol–water partition coefficient (Wildman–Crippen LogP) is 3.60. The molecule has 0 aromatic heterocycles. The summed E-state index contributed by atoms with van der Waals surface area (Å²) in [5.41, 5.74) is 1.14. The van der Waals surface area contributed by atoms with E-state index in [2.05, 4.69) is 18.2 Å². The number of amides is 1. The van der Waals surface area contributed by atoms with Crippen LogP contribution in [0.4, 0.5) is 0 Å². The van der Waals surface area contributed by atoms with Crippen molar-refractivity contribution in [3.05, 3.63) is 54.1 Å². The molecular formula is C23H25NO4. The Bertz CT molecular complexity index is 888. The van der Waals surface area contributed by atoms with Crippen LogP contribution in [-0.4, -0.2) is 41.7 Å². The predicted molar refractivity (Wildman–Crippen MR) is 105 cm³/mol. The molecule has 0 aliphatic carbocycles.